The van der Waals surface area contributed by atoms with Gasteiger partial charge in [-0.05, 0) is 12.3 Å². The van der Waals surface area contributed by atoms with Crippen molar-refractivity contribution in [2.75, 3.05) is 20.8 Å². The second-order valence-corrected chi connectivity index (χ2v) is 7.49. The smallest absolute Gasteiger partial charge is 0.342 e. The van der Waals surface area contributed by atoms with Gasteiger partial charge in [0.05, 0.1) is 26.2 Å². The van der Waals surface area contributed by atoms with Gasteiger partial charge in [-0.15, -0.1) is 0 Å². The second-order valence-electron chi connectivity index (χ2n) is 6.43. The molecule has 122 valence electrons. The maximum atomic E-state index is 12.0. The molecule has 0 fully saturated rings. The number of nitrogens with zero attached hydrogens (tertiary/aromatic N) is 3. The van der Waals surface area contributed by atoms with E-state index in [1.54, 1.807) is 11.8 Å². The molecule has 0 aromatic rings. The van der Waals surface area contributed by atoms with E-state index in [4.69, 9.17) is 9.47 Å². The zero-order valence-electron chi connectivity index (χ0n) is 13.9. The lowest BCUT2D eigenvalue weighted by Crippen LogP contribution is -2.38. The summed E-state index contributed by atoms with van der Waals surface area (Å²) in [5.41, 5.74) is 1.55. The lowest BCUT2D eigenvalue weighted by atomic mass is 9.96. The summed E-state index contributed by atoms with van der Waals surface area (Å²) in [6.45, 7) is 9.40. The Hall–Kier alpha value is -1.63. The maximum absolute atomic E-state index is 12.0. The summed E-state index contributed by atoms with van der Waals surface area (Å²) in [6, 6.07) is 0. The molecule has 0 spiro atoms. The molecule has 2 rings (SSSR count). The summed E-state index contributed by atoms with van der Waals surface area (Å²) in [4.78, 5) is 15.0. The van der Waals surface area contributed by atoms with E-state index in [1.807, 2.05) is 18.3 Å². The molecule has 0 aromatic heterocycles. The number of esters is 1. The van der Waals surface area contributed by atoms with Crippen LogP contribution in [0.4, 0.5) is 0 Å². The Morgan fingerprint density at radius 2 is 2.14 bits per heavy atom. The van der Waals surface area contributed by atoms with E-state index in [0.717, 1.165) is 17.1 Å². The summed E-state index contributed by atoms with van der Waals surface area (Å²) < 4.78 is 9.89. The third kappa shape index (κ3) is 3.24. The number of thioether (sulfide) groups is 1. The third-order valence-corrected chi connectivity index (χ3v) is 4.69. The van der Waals surface area contributed by atoms with Gasteiger partial charge in [0.25, 0.3) is 0 Å². The quantitative estimate of drug-likeness (QED) is 0.450. The molecule has 1 unspecified atom stereocenters. The fraction of sp³-hybridized carbons (Fsp3) is 0.600. The lowest BCUT2D eigenvalue weighted by molar-refractivity contribution is -0.135. The van der Waals surface area contributed by atoms with Crippen molar-refractivity contribution in [2.45, 2.75) is 33.2 Å². The molecule has 0 saturated carbocycles. The molecule has 22 heavy (non-hydrogen) atoms. The van der Waals surface area contributed by atoms with Crippen molar-refractivity contribution in [1.82, 2.24) is 9.91 Å². The predicted octanol–water partition coefficient (Wildman–Crippen LogP) is 2.56. The first-order valence-corrected chi connectivity index (χ1v) is 7.94. The zero-order chi connectivity index (χ0) is 16.5. The Balaban J connectivity index is 2.24. The number of allylic oxidation sites excluding steroid dienone is 1. The number of carbonyl (C=O) groups is 1. The summed E-state index contributed by atoms with van der Waals surface area (Å²) in [5.74, 6) is -0.406. The Bertz CT molecular complexity index is 549. The van der Waals surface area contributed by atoms with E-state index >= 15 is 0 Å². The van der Waals surface area contributed by atoms with Crippen LogP contribution in [0.3, 0.4) is 0 Å². The van der Waals surface area contributed by atoms with Gasteiger partial charge in [-0.3, -0.25) is 0 Å². The number of hydrogen-bond acceptors (Lipinski definition) is 7. The standard InChI is InChI=1S/C15H23N3O3S/c1-10-12(11(7-20-5)13(19)21-6)22-14-17(8-15(2,3)4)9-16-18(10)14/h7,9,14H,8H2,1-6H3/b11-7-. The van der Waals surface area contributed by atoms with Gasteiger partial charge in [0.1, 0.15) is 11.9 Å². The highest BCUT2D eigenvalue weighted by atomic mass is 32.2. The summed E-state index contributed by atoms with van der Waals surface area (Å²) >= 11 is 1.59. The van der Waals surface area contributed by atoms with Crippen molar-refractivity contribution in [3.8, 4) is 0 Å². The fourth-order valence-electron chi connectivity index (χ4n) is 2.39. The average Bonchev–Trinajstić information content (AvgIpc) is 2.96. The molecule has 0 saturated heterocycles. The van der Waals surface area contributed by atoms with E-state index in [-0.39, 0.29) is 10.9 Å². The molecular formula is C15H23N3O3S. The molecule has 2 heterocycles. The number of ether oxygens (including phenoxy) is 2. The molecule has 0 N–H and O–H groups in total. The molecule has 0 aromatic carbocycles. The maximum Gasteiger partial charge on any atom is 0.342 e. The van der Waals surface area contributed by atoms with E-state index in [1.165, 1.54) is 20.5 Å². The van der Waals surface area contributed by atoms with E-state index in [0.29, 0.717) is 5.57 Å². The van der Waals surface area contributed by atoms with Gasteiger partial charge in [-0.25, -0.2) is 9.80 Å². The average molecular weight is 325 g/mol. The number of hydrogen-bond donors (Lipinski definition) is 0. The van der Waals surface area contributed by atoms with Gasteiger partial charge in [0, 0.05) is 11.4 Å². The van der Waals surface area contributed by atoms with Crippen molar-refractivity contribution in [2.24, 2.45) is 10.5 Å². The van der Waals surface area contributed by atoms with Gasteiger partial charge in [0.15, 0.2) is 5.50 Å². The van der Waals surface area contributed by atoms with Crippen molar-refractivity contribution in [3.63, 3.8) is 0 Å². The van der Waals surface area contributed by atoms with Crippen LogP contribution in [-0.4, -0.2) is 48.5 Å². The van der Waals surface area contributed by atoms with E-state index in [2.05, 4.69) is 30.8 Å². The first-order valence-electron chi connectivity index (χ1n) is 7.07. The number of methoxy groups -OCH3 is 2. The Kier molecular flexibility index (Phi) is 4.75. The minimum absolute atomic E-state index is 0.0409. The van der Waals surface area contributed by atoms with Crippen molar-refractivity contribution < 1.29 is 14.3 Å². The van der Waals surface area contributed by atoms with Crippen molar-refractivity contribution in [3.05, 3.63) is 22.4 Å². The number of hydrazone groups is 1. The molecule has 0 bridgehead atoms. The van der Waals surface area contributed by atoms with Crippen LogP contribution in [0.5, 0.6) is 0 Å². The molecular weight excluding hydrogens is 302 g/mol. The summed E-state index contributed by atoms with van der Waals surface area (Å²) in [7, 11) is 2.89. The van der Waals surface area contributed by atoms with Crippen LogP contribution < -0.4 is 0 Å². The predicted molar refractivity (Wildman–Crippen MR) is 87.7 cm³/mol. The minimum atomic E-state index is -0.406. The van der Waals surface area contributed by atoms with Crippen molar-refractivity contribution >= 4 is 24.1 Å². The van der Waals surface area contributed by atoms with Crippen molar-refractivity contribution in [1.29, 1.82) is 0 Å². The van der Waals surface area contributed by atoms with Crippen LogP contribution in [0.25, 0.3) is 0 Å². The molecule has 2 aliphatic rings. The van der Waals surface area contributed by atoms with Crippen LogP contribution >= 0.6 is 11.8 Å². The van der Waals surface area contributed by atoms with Crippen LogP contribution in [0.15, 0.2) is 27.5 Å². The Morgan fingerprint density at radius 3 is 2.68 bits per heavy atom. The van der Waals surface area contributed by atoms with Gasteiger partial charge in [0.2, 0.25) is 0 Å². The van der Waals surface area contributed by atoms with E-state index < -0.39 is 5.97 Å². The normalized spacial score (nSPS) is 21.5. The first-order chi connectivity index (χ1) is 10.3. The van der Waals surface area contributed by atoms with Crippen LogP contribution in [0, 0.1) is 5.41 Å². The highest BCUT2D eigenvalue weighted by Crippen LogP contribution is 2.45. The summed E-state index contributed by atoms with van der Waals surface area (Å²) in [6.07, 6.45) is 3.29. The highest BCUT2D eigenvalue weighted by Gasteiger charge is 2.41. The van der Waals surface area contributed by atoms with E-state index in [9.17, 15) is 4.79 Å². The summed E-state index contributed by atoms with van der Waals surface area (Å²) in [5, 5.41) is 6.39. The molecule has 0 amide bonds. The molecule has 0 radical (unpaired) electrons. The number of carbonyl (C=O) groups excluding carboxylic acids is 1. The van der Waals surface area contributed by atoms with Gasteiger partial charge in [-0.2, -0.15) is 5.10 Å². The molecule has 2 aliphatic heterocycles. The SMILES string of the molecule is CO/C=C(\C(=O)OC)C1=C(C)N2N=CN(CC(C)(C)C)C2S1. The Morgan fingerprint density at radius 1 is 1.45 bits per heavy atom. The lowest BCUT2D eigenvalue weighted by Gasteiger charge is -2.30. The minimum Gasteiger partial charge on any atom is -0.503 e. The first kappa shape index (κ1) is 16.7. The highest BCUT2D eigenvalue weighted by molar-refractivity contribution is 8.04. The largest absolute Gasteiger partial charge is 0.503 e. The molecule has 0 aliphatic carbocycles. The monoisotopic (exact) mass is 325 g/mol. The molecule has 6 nitrogen and oxygen atoms in total. The van der Waals surface area contributed by atoms with Crippen LogP contribution in [0.1, 0.15) is 27.7 Å². The molecule has 1 atom stereocenters. The van der Waals surface area contributed by atoms with Crippen LogP contribution in [-0.2, 0) is 14.3 Å². The number of rotatable bonds is 4. The van der Waals surface area contributed by atoms with Gasteiger partial charge >= 0.3 is 5.97 Å². The molecule has 7 heteroatoms. The zero-order valence-corrected chi connectivity index (χ0v) is 14.7. The van der Waals surface area contributed by atoms with Gasteiger partial charge in [-0.1, -0.05) is 32.5 Å². The van der Waals surface area contributed by atoms with Crippen LogP contribution in [0.2, 0.25) is 0 Å². The Labute approximate surface area is 135 Å². The third-order valence-electron chi connectivity index (χ3n) is 3.26. The fourth-order valence-corrected chi connectivity index (χ4v) is 3.70. The number of fused-ring (bicyclic) bond motifs is 1. The topological polar surface area (TPSA) is 54.4 Å². The van der Waals surface area contributed by atoms with Gasteiger partial charge < -0.3 is 14.4 Å². The second kappa shape index (κ2) is 6.24.